The second-order valence-electron chi connectivity index (χ2n) is 6.49. The number of aliphatic imine (C=N–C) groups is 1. The predicted octanol–water partition coefficient (Wildman–Crippen LogP) is 4.69. The maximum absolute atomic E-state index is 9.97. The average molecular weight is 344 g/mol. The van der Waals surface area contributed by atoms with Crippen LogP contribution in [-0.2, 0) is 0 Å². The minimum atomic E-state index is -0.153. The first-order chi connectivity index (χ1) is 12.6. The minimum Gasteiger partial charge on any atom is -0.507 e. The van der Waals surface area contributed by atoms with Crippen LogP contribution in [0.15, 0.2) is 59.9 Å². The van der Waals surface area contributed by atoms with E-state index in [0.717, 1.165) is 39.3 Å². The number of aromatic nitrogens is 1. The third-order valence-corrected chi connectivity index (χ3v) is 4.50. The van der Waals surface area contributed by atoms with Crippen LogP contribution in [-0.4, -0.2) is 16.3 Å². The van der Waals surface area contributed by atoms with Crippen LogP contribution in [0.2, 0.25) is 0 Å². The number of benzene rings is 2. The fourth-order valence-corrected chi connectivity index (χ4v) is 3.14. The van der Waals surface area contributed by atoms with Gasteiger partial charge in [-0.25, -0.2) is 0 Å². The summed E-state index contributed by atoms with van der Waals surface area (Å²) in [5.74, 6) is 0.348. The van der Waals surface area contributed by atoms with Crippen LogP contribution in [0, 0.1) is 13.8 Å². The summed E-state index contributed by atoms with van der Waals surface area (Å²) < 4.78 is 0. The first-order valence-electron chi connectivity index (χ1n) is 8.51. The fourth-order valence-electron chi connectivity index (χ4n) is 3.14. The predicted molar refractivity (Wildman–Crippen MR) is 106 cm³/mol. The number of phenolic OH excluding ortho intramolecular Hbond substituents is 1. The summed E-state index contributed by atoms with van der Waals surface area (Å²) in [5, 5.41) is 16.8. The molecular weight excluding hydrogens is 324 g/mol. The maximum atomic E-state index is 9.97. The van der Waals surface area contributed by atoms with Crippen LogP contribution in [0.4, 0.5) is 17.1 Å². The largest absolute Gasteiger partial charge is 0.507 e. The summed E-state index contributed by atoms with van der Waals surface area (Å²) in [7, 11) is 0. The van der Waals surface area contributed by atoms with Gasteiger partial charge in [0.2, 0.25) is 0 Å². The van der Waals surface area contributed by atoms with Crippen molar-refractivity contribution in [2.75, 3.05) is 10.6 Å². The third-order valence-electron chi connectivity index (χ3n) is 4.50. The van der Waals surface area contributed by atoms with E-state index in [9.17, 15) is 5.11 Å². The van der Waals surface area contributed by atoms with E-state index in [4.69, 9.17) is 0 Å². The van der Waals surface area contributed by atoms with Crippen molar-refractivity contribution in [1.29, 1.82) is 0 Å². The summed E-state index contributed by atoms with van der Waals surface area (Å²) in [6.45, 7) is 3.81. The van der Waals surface area contributed by atoms with Crippen molar-refractivity contribution in [2.24, 2.45) is 4.99 Å². The lowest BCUT2D eigenvalue weighted by molar-refractivity contribution is 0.466. The Balaban J connectivity index is 1.58. The molecule has 1 atom stereocenters. The van der Waals surface area contributed by atoms with Crippen molar-refractivity contribution in [3.63, 3.8) is 0 Å². The van der Waals surface area contributed by atoms with Gasteiger partial charge in [-0.05, 0) is 73.0 Å². The van der Waals surface area contributed by atoms with Gasteiger partial charge >= 0.3 is 0 Å². The molecule has 4 rings (SSSR count). The van der Waals surface area contributed by atoms with E-state index in [1.54, 1.807) is 12.4 Å². The highest BCUT2D eigenvalue weighted by molar-refractivity contribution is 5.91. The molecule has 0 saturated carbocycles. The summed E-state index contributed by atoms with van der Waals surface area (Å²) in [6, 6.07) is 14.0. The molecule has 130 valence electrons. The van der Waals surface area contributed by atoms with Gasteiger partial charge in [0.05, 0.1) is 0 Å². The number of aromatic hydroxyl groups is 1. The van der Waals surface area contributed by atoms with E-state index < -0.39 is 0 Å². The molecule has 3 N–H and O–H groups in total. The number of anilines is 3. The summed E-state index contributed by atoms with van der Waals surface area (Å²) in [4.78, 5) is 8.67. The van der Waals surface area contributed by atoms with Crippen LogP contribution in [0.3, 0.4) is 0 Å². The van der Waals surface area contributed by atoms with E-state index in [0.29, 0.717) is 5.75 Å². The van der Waals surface area contributed by atoms with Crippen molar-refractivity contribution >= 4 is 23.3 Å². The Labute approximate surface area is 152 Å². The van der Waals surface area contributed by atoms with Crippen LogP contribution >= 0.6 is 0 Å². The second-order valence-corrected chi connectivity index (χ2v) is 6.49. The highest BCUT2D eigenvalue weighted by atomic mass is 16.3. The molecule has 0 aliphatic carbocycles. The molecule has 5 heteroatoms. The van der Waals surface area contributed by atoms with E-state index in [2.05, 4.69) is 32.7 Å². The van der Waals surface area contributed by atoms with Crippen molar-refractivity contribution in [3.05, 3.63) is 77.1 Å². The number of fused-ring (bicyclic) bond motifs is 1. The van der Waals surface area contributed by atoms with Gasteiger partial charge in [0, 0.05) is 41.2 Å². The highest BCUT2D eigenvalue weighted by Crippen LogP contribution is 2.32. The number of rotatable bonds is 3. The molecule has 2 heterocycles. The Hall–Kier alpha value is -3.34. The Morgan fingerprint density at radius 1 is 0.962 bits per heavy atom. The molecule has 2 aromatic carbocycles. The summed E-state index contributed by atoms with van der Waals surface area (Å²) >= 11 is 0. The maximum Gasteiger partial charge on any atom is 0.144 e. The van der Waals surface area contributed by atoms with Crippen molar-refractivity contribution in [2.45, 2.75) is 20.0 Å². The Morgan fingerprint density at radius 2 is 1.69 bits per heavy atom. The molecule has 0 spiro atoms. The van der Waals surface area contributed by atoms with Gasteiger partial charge in [-0.2, -0.15) is 0 Å². The molecule has 1 aromatic heterocycles. The zero-order valence-corrected chi connectivity index (χ0v) is 14.7. The number of hydrogen-bond donors (Lipinski definition) is 3. The summed E-state index contributed by atoms with van der Waals surface area (Å²) in [5.41, 5.74) is 6.82. The average Bonchev–Trinajstić information content (AvgIpc) is 2.66. The van der Waals surface area contributed by atoms with Crippen molar-refractivity contribution < 1.29 is 5.11 Å². The topological polar surface area (TPSA) is 69.5 Å². The van der Waals surface area contributed by atoms with Crippen LogP contribution in [0.25, 0.3) is 0 Å². The normalized spacial score (nSPS) is 15.2. The Bertz CT molecular complexity index is 960. The highest BCUT2D eigenvalue weighted by Gasteiger charge is 2.17. The number of pyridine rings is 1. The minimum absolute atomic E-state index is 0.153. The van der Waals surface area contributed by atoms with Crippen molar-refractivity contribution in [3.8, 4) is 5.75 Å². The molecule has 0 radical (unpaired) electrons. The first-order valence-corrected chi connectivity index (χ1v) is 8.51. The molecule has 1 unspecified atom stereocenters. The monoisotopic (exact) mass is 344 g/mol. The lowest BCUT2D eigenvalue weighted by atomic mass is 10.0. The van der Waals surface area contributed by atoms with Crippen LogP contribution in [0.5, 0.6) is 5.75 Å². The second kappa shape index (κ2) is 6.52. The zero-order valence-electron chi connectivity index (χ0n) is 14.7. The lowest BCUT2D eigenvalue weighted by Crippen LogP contribution is -2.15. The standard InChI is InChI=1S/C21H20N4O/c1-13-9-15(10-14(2)20(13)26)21-23-12-16-11-18(3-4-19(16)25-21)24-17-5-7-22-8-6-17/h3-12,21,25-26H,1-2H3,(H,22,24). The first kappa shape index (κ1) is 16.1. The number of hydrogen-bond acceptors (Lipinski definition) is 5. The molecular formula is C21H20N4O. The molecule has 0 fully saturated rings. The van der Waals surface area contributed by atoms with Gasteiger partial charge in [0.25, 0.3) is 0 Å². The molecule has 0 saturated heterocycles. The van der Waals surface area contributed by atoms with E-state index in [1.165, 1.54) is 0 Å². The van der Waals surface area contributed by atoms with Gasteiger partial charge in [-0.15, -0.1) is 0 Å². The molecule has 3 aromatic rings. The third kappa shape index (κ3) is 3.11. The van der Waals surface area contributed by atoms with Gasteiger partial charge in [-0.1, -0.05) is 0 Å². The smallest absolute Gasteiger partial charge is 0.144 e. The zero-order chi connectivity index (χ0) is 18.1. The number of phenols is 1. The fraction of sp³-hybridized carbons (Fsp3) is 0.143. The summed E-state index contributed by atoms with van der Waals surface area (Å²) in [6.07, 6.45) is 5.26. The van der Waals surface area contributed by atoms with Gasteiger partial charge in [-0.3, -0.25) is 9.98 Å². The van der Waals surface area contributed by atoms with Gasteiger partial charge < -0.3 is 15.7 Å². The van der Waals surface area contributed by atoms with E-state index in [1.807, 2.05) is 50.4 Å². The SMILES string of the molecule is Cc1cc(C2N=Cc3cc(Nc4ccncc4)ccc3N2)cc(C)c1O. The molecule has 1 aliphatic rings. The molecule has 0 amide bonds. The van der Waals surface area contributed by atoms with E-state index >= 15 is 0 Å². The van der Waals surface area contributed by atoms with Gasteiger partial charge in [0.1, 0.15) is 11.9 Å². The molecule has 0 bridgehead atoms. The molecule has 26 heavy (non-hydrogen) atoms. The van der Waals surface area contributed by atoms with Crippen molar-refractivity contribution in [1.82, 2.24) is 4.98 Å². The molecule has 5 nitrogen and oxygen atoms in total. The van der Waals surface area contributed by atoms with Crippen LogP contribution < -0.4 is 10.6 Å². The number of nitrogens with one attached hydrogen (secondary N) is 2. The van der Waals surface area contributed by atoms with E-state index in [-0.39, 0.29) is 6.17 Å². The van der Waals surface area contributed by atoms with Gasteiger partial charge in [0.15, 0.2) is 0 Å². The lowest BCUT2D eigenvalue weighted by Gasteiger charge is -2.23. The molecule has 1 aliphatic heterocycles. The Morgan fingerprint density at radius 3 is 2.42 bits per heavy atom. The number of aryl methyl sites for hydroxylation is 2. The number of nitrogens with zero attached hydrogens (tertiary/aromatic N) is 2. The Kier molecular flexibility index (Phi) is 4.05. The van der Waals surface area contributed by atoms with Crippen LogP contribution in [0.1, 0.15) is 28.4 Å². The quantitative estimate of drug-likeness (QED) is 0.645.